The summed E-state index contributed by atoms with van der Waals surface area (Å²) < 4.78 is 0. The lowest BCUT2D eigenvalue weighted by atomic mass is 10.2. The molecule has 62 valence electrons. The van der Waals surface area contributed by atoms with Gasteiger partial charge in [-0.05, 0) is 30.7 Å². The van der Waals surface area contributed by atoms with Crippen molar-refractivity contribution in [2.75, 3.05) is 0 Å². The molecule has 0 aliphatic carbocycles. The van der Waals surface area contributed by atoms with Crippen LogP contribution >= 0.6 is 0 Å². The fourth-order valence-electron chi connectivity index (χ4n) is 0.807. The summed E-state index contributed by atoms with van der Waals surface area (Å²) in [6, 6.07) is 6.85. The predicted octanol–water partition coefficient (Wildman–Crippen LogP) is 2.45. The molecule has 2 nitrogen and oxygen atoms in total. The number of nitrogens with one attached hydrogen (secondary N) is 1. The summed E-state index contributed by atoms with van der Waals surface area (Å²) in [5.41, 5.74) is 1.50. The van der Waals surface area contributed by atoms with E-state index < -0.39 is 0 Å². The summed E-state index contributed by atoms with van der Waals surface area (Å²) in [7, 11) is 0. The number of rotatable bonds is 2. The average Bonchev–Trinajstić information content (AvgIpc) is 2.03. The largest absolute Gasteiger partial charge is 0.508 e. The number of hydrogen-bond acceptors (Lipinski definition) is 2. The molecular formula is C10H11NO. The molecule has 1 aromatic rings. The Kier molecular flexibility index (Phi) is 2.64. The molecule has 1 aromatic carbocycles. The highest BCUT2D eigenvalue weighted by Crippen LogP contribution is 2.10. The molecule has 0 spiro atoms. The number of phenols is 1. The molecule has 0 saturated heterocycles. The van der Waals surface area contributed by atoms with Crippen LogP contribution in [0.5, 0.6) is 5.75 Å². The molecule has 2 N–H and O–H groups in total. The molecule has 0 saturated carbocycles. The van der Waals surface area contributed by atoms with Gasteiger partial charge >= 0.3 is 0 Å². The van der Waals surface area contributed by atoms with Gasteiger partial charge in [-0.25, -0.2) is 0 Å². The van der Waals surface area contributed by atoms with E-state index in [9.17, 15) is 0 Å². The lowest BCUT2D eigenvalue weighted by Gasteiger charge is -1.92. The summed E-state index contributed by atoms with van der Waals surface area (Å²) in [6.45, 7) is 1.72. The zero-order chi connectivity index (χ0) is 8.97. The van der Waals surface area contributed by atoms with Crippen LogP contribution in [0.1, 0.15) is 12.5 Å². The molecular weight excluding hydrogens is 150 g/mol. The van der Waals surface area contributed by atoms with Crippen molar-refractivity contribution in [3.63, 3.8) is 0 Å². The third-order valence-electron chi connectivity index (χ3n) is 1.42. The fourth-order valence-corrected chi connectivity index (χ4v) is 0.807. The molecule has 0 amide bonds. The SMILES string of the molecule is CC(=N)/C=C/c1ccc(O)cc1. The van der Waals surface area contributed by atoms with Gasteiger partial charge in [0.15, 0.2) is 0 Å². The Morgan fingerprint density at radius 2 is 1.92 bits per heavy atom. The molecule has 0 aliphatic heterocycles. The van der Waals surface area contributed by atoms with E-state index in [1.54, 1.807) is 37.3 Å². The Morgan fingerprint density at radius 3 is 2.42 bits per heavy atom. The van der Waals surface area contributed by atoms with E-state index in [0.717, 1.165) is 5.56 Å². The minimum absolute atomic E-state index is 0.263. The van der Waals surface area contributed by atoms with Crippen molar-refractivity contribution in [3.8, 4) is 5.75 Å². The van der Waals surface area contributed by atoms with Crippen LogP contribution in [-0.2, 0) is 0 Å². The second-order valence-corrected chi connectivity index (χ2v) is 2.61. The van der Waals surface area contributed by atoms with Crippen molar-refractivity contribution < 1.29 is 5.11 Å². The maximum Gasteiger partial charge on any atom is 0.115 e. The average molecular weight is 161 g/mol. The van der Waals surface area contributed by atoms with Gasteiger partial charge in [-0.3, -0.25) is 0 Å². The van der Waals surface area contributed by atoms with Crippen LogP contribution in [0.4, 0.5) is 0 Å². The first-order valence-electron chi connectivity index (χ1n) is 3.71. The number of phenolic OH excluding ortho intramolecular Hbond substituents is 1. The minimum Gasteiger partial charge on any atom is -0.508 e. The molecule has 1 rings (SSSR count). The molecule has 0 radical (unpaired) electrons. The van der Waals surface area contributed by atoms with Crippen molar-refractivity contribution in [2.45, 2.75) is 6.92 Å². The monoisotopic (exact) mass is 161 g/mol. The van der Waals surface area contributed by atoms with E-state index in [-0.39, 0.29) is 5.75 Å². The smallest absolute Gasteiger partial charge is 0.115 e. The van der Waals surface area contributed by atoms with Gasteiger partial charge in [0.25, 0.3) is 0 Å². The first kappa shape index (κ1) is 8.53. The van der Waals surface area contributed by atoms with Crippen LogP contribution in [-0.4, -0.2) is 10.8 Å². The normalized spacial score (nSPS) is 10.4. The van der Waals surface area contributed by atoms with E-state index in [0.29, 0.717) is 5.71 Å². The third kappa shape index (κ3) is 2.58. The third-order valence-corrected chi connectivity index (χ3v) is 1.42. The first-order valence-corrected chi connectivity index (χ1v) is 3.71. The second kappa shape index (κ2) is 3.72. The van der Waals surface area contributed by atoms with E-state index in [1.165, 1.54) is 0 Å². The van der Waals surface area contributed by atoms with Crippen molar-refractivity contribution in [1.82, 2.24) is 0 Å². The van der Waals surface area contributed by atoms with Crippen molar-refractivity contribution >= 4 is 11.8 Å². The maximum absolute atomic E-state index is 8.97. The van der Waals surface area contributed by atoms with Gasteiger partial charge in [0.05, 0.1) is 0 Å². The van der Waals surface area contributed by atoms with Crippen molar-refractivity contribution in [1.29, 1.82) is 5.41 Å². The number of allylic oxidation sites excluding steroid dienone is 1. The summed E-state index contributed by atoms with van der Waals surface area (Å²) in [5.74, 6) is 0.263. The minimum atomic E-state index is 0.263. The van der Waals surface area contributed by atoms with Gasteiger partial charge in [0, 0.05) is 5.71 Å². The number of hydrogen-bond donors (Lipinski definition) is 2. The summed E-state index contributed by atoms with van der Waals surface area (Å²) >= 11 is 0. The molecule has 0 fully saturated rings. The standard InChI is InChI=1S/C10H11NO/c1-8(11)2-3-9-4-6-10(12)7-5-9/h2-7,11-12H,1H3/b3-2+,11-8?. The van der Waals surface area contributed by atoms with Crippen molar-refractivity contribution in [3.05, 3.63) is 35.9 Å². The molecule has 0 atom stereocenters. The van der Waals surface area contributed by atoms with Crippen LogP contribution in [0.15, 0.2) is 30.3 Å². The molecule has 0 bridgehead atoms. The Bertz CT molecular complexity index is 298. The number of aromatic hydroxyl groups is 1. The van der Waals surface area contributed by atoms with Crippen LogP contribution in [0.25, 0.3) is 6.08 Å². The lowest BCUT2D eigenvalue weighted by Crippen LogP contribution is -1.78. The molecule has 2 heteroatoms. The topological polar surface area (TPSA) is 44.1 Å². The van der Waals surface area contributed by atoms with Gasteiger partial charge in [-0.2, -0.15) is 0 Å². The zero-order valence-electron chi connectivity index (χ0n) is 6.91. The molecule has 12 heavy (non-hydrogen) atoms. The fraction of sp³-hybridized carbons (Fsp3) is 0.100. The van der Waals surface area contributed by atoms with Gasteiger partial charge < -0.3 is 10.5 Å². The lowest BCUT2D eigenvalue weighted by molar-refractivity contribution is 0.475. The van der Waals surface area contributed by atoms with Gasteiger partial charge in [0.1, 0.15) is 5.75 Å². The van der Waals surface area contributed by atoms with E-state index >= 15 is 0 Å². The van der Waals surface area contributed by atoms with E-state index in [4.69, 9.17) is 10.5 Å². The van der Waals surface area contributed by atoms with Crippen LogP contribution in [0, 0.1) is 5.41 Å². The summed E-state index contributed by atoms with van der Waals surface area (Å²) in [5, 5.41) is 16.1. The Balaban J connectivity index is 2.77. The molecule has 0 aliphatic rings. The molecule has 0 aromatic heterocycles. The Morgan fingerprint density at radius 1 is 1.33 bits per heavy atom. The molecule has 0 unspecified atom stereocenters. The first-order chi connectivity index (χ1) is 5.68. The number of benzene rings is 1. The van der Waals surface area contributed by atoms with E-state index in [1.807, 2.05) is 6.08 Å². The molecule has 0 heterocycles. The van der Waals surface area contributed by atoms with Gasteiger partial charge in [-0.15, -0.1) is 0 Å². The van der Waals surface area contributed by atoms with Crippen LogP contribution < -0.4 is 0 Å². The predicted molar refractivity (Wildman–Crippen MR) is 50.5 cm³/mol. The maximum atomic E-state index is 8.97. The highest BCUT2D eigenvalue weighted by molar-refractivity contribution is 5.93. The zero-order valence-corrected chi connectivity index (χ0v) is 6.91. The quantitative estimate of drug-likeness (QED) is 0.643. The summed E-state index contributed by atoms with van der Waals surface area (Å²) in [6.07, 6.45) is 3.55. The Hall–Kier alpha value is -1.57. The van der Waals surface area contributed by atoms with Crippen LogP contribution in [0.2, 0.25) is 0 Å². The summed E-state index contributed by atoms with van der Waals surface area (Å²) in [4.78, 5) is 0. The van der Waals surface area contributed by atoms with Gasteiger partial charge in [0.2, 0.25) is 0 Å². The highest BCUT2D eigenvalue weighted by atomic mass is 16.3. The van der Waals surface area contributed by atoms with E-state index in [2.05, 4.69) is 0 Å². The Labute approximate surface area is 71.7 Å². The second-order valence-electron chi connectivity index (χ2n) is 2.61. The van der Waals surface area contributed by atoms with Crippen molar-refractivity contribution in [2.24, 2.45) is 0 Å². The van der Waals surface area contributed by atoms with Crippen LogP contribution in [0.3, 0.4) is 0 Å². The van der Waals surface area contributed by atoms with Gasteiger partial charge in [-0.1, -0.05) is 18.2 Å². The highest BCUT2D eigenvalue weighted by Gasteiger charge is 1.87.